The summed E-state index contributed by atoms with van der Waals surface area (Å²) in [6.07, 6.45) is 0. The summed E-state index contributed by atoms with van der Waals surface area (Å²) in [5, 5.41) is 12.5. The Morgan fingerprint density at radius 1 is 0.259 bits per heavy atom. The van der Waals surface area contributed by atoms with Crippen molar-refractivity contribution in [2.45, 2.75) is 60.1 Å². The van der Waals surface area contributed by atoms with Crippen molar-refractivity contribution in [3.8, 4) is 46.0 Å². The topological polar surface area (TPSA) is 61.9 Å². The molecule has 15 heteroatoms. The minimum atomic E-state index is -2.17. The number of hydrogen-bond acceptors (Lipinski definition) is 9. The van der Waals surface area contributed by atoms with Crippen LogP contribution in [0.1, 0.15) is 16.7 Å². The standard InChI is InChI=1S/C93H72B3N5O4Si3/c1-54-42-55(2)93(56(3)43-54)101-74-53-79-65(51-63(74)95-61-27-11-19-35-77(61)103-81-47-58(45-75(101)91(81)95)99-70-30-14-22-38-86(70)107(6,7)87-39-23-15-31-71(87)99)96-64-50-62-66(52-78(64)104-82-48-59(49-83(105-79)92(82)96)100-72-32-16-24-40-88(72)108(8,9)89-41-25-17-33-73(89)100)97-67-44-57(46-80-90(67)94(62)60-26-10-18-34-76(60)102-80)98-68-28-12-20-36-84(68)106(4,5)85-37-21-13-29-69(85)98/h10-53,97H,1-9H3. The maximum Gasteiger partial charge on any atom is 0.260 e. The minimum absolute atomic E-state index is 0.186. The Hall–Kier alpha value is -11.9. The van der Waals surface area contributed by atoms with Crippen molar-refractivity contribution in [3.63, 3.8) is 0 Å². The zero-order chi connectivity index (χ0) is 72.3. The number of hydrogen-bond donors (Lipinski definition) is 1. The lowest BCUT2D eigenvalue weighted by Gasteiger charge is -2.44. The second kappa shape index (κ2) is 21.9. The molecule has 0 aromatic heterocycles. The molecule has 0 amide bonds. The van der Waals surface area contributed by atoms with Gasteiger partial charge in [0.1, 0.15) is 70.2 Å². The number of aryl methyl sites for hydroxylation is 3. The number of rotatable bonds is 4. The second-order valence-corrected chi connectivity index (χ2v) is 45.5. The predicted octanol–water partition coefficient (Wildman–Crippen LogP) is 14.2. The summed E-state index contributed by atoms with van der Waals surface area (Å²) in [7, 11) is -6.40. The first-order valence-corrected chi connectivity index (χ1v) is 47.0. The first-order valence-electron chi connectivity index (χ1n) is 38.0. The number of nitrogens with zero attached hydrogens (tertiary/aromatic N) is 4. The first kappa shape index (κ1) is 62.3. The molecule has 0 unspecified atom stereocenters. The van der Waals surface area contributed by atoms with Gasteiger partial charge in [-0.15, -0.1) is 0 Å². The van der Waals surface area contributed by atoms with Gasteiger partial charge in [-0.2, -0.15) is 0 Å². The first-order chi connectivity index (χ1) is 52.5. The van der Waals surface area contributed by atoms with E-state index in [4.69, 9.17) is 18.9 Å². The zero-order valence-corrected chi connectivity index (χ0v) is 64.6. The molecule has 0 fully saturated rings. The number of nitrogens with one attached hydrogen (secondary N) is 1. The fraction of sp³-hybridized carbons (Fsp3) is 0.0968. The number of fused-ring (bicyclic) bond motifs is 18. The normalized spacial score (nSPS) is 15.9. The second-order valence-electron chi connectivity index (χ2n) is 32.5. The van der Waals surface area contributed by atoms with Gasteiger partial charge in [-0.3, -0.25) is 0 Å². The maximum atomic E-state index is 7.90. The monoisotopic (exact) mass is 1440 g/mol. The van der Waals surface area contributed by atoms with Gasteiger partial charge in [-0.05, 0) is 167 Å². The summed E-state index contributed by atoms with van der Waals surface area (Å²) in [6, 6.07) is 100. The van der Waals surface area contributed by atoms with E-state index in [1.807, 2.05) is 0 Å². The molecule has 0 aliphatic carbocycles. The molecule has 9 heterocycles. The van der Waals surface area contributed by atoms with E-state index in [-0.39, 0.29) is 20.1 Å². The van der Waals surface area contributed by atoms with Crippen molar-refractivity contribution in [3.05, 3.63) is 284 Å². The highest BCUT2D eigenvalue weighted by Gasteiger charge is 2.51. The molecule has 0 saturated carbocycles. The molecule has 9 nitrogen and oxygen atoms in total. The molecule has 0 saturated heterocycles. The fourth-order valence-corrected chi connectivity index (χ4v) is 29.7. The van der Waals surface area contributed by atoms with Crippen molar-refractivity contribution in [2.75, 3.05) is 24.9 Å². The maximum absolute atomic E-state index is 7.90. The smallest absolute Gasteiger partial charge is 0.260 e. The molecule has 9 aliphatic rings. The van der Waals surface area contributed by atoms with Gasteiger partial charge in [0.15, 0.2) is 0 Å². The van der Waals surface area contributed by atoms with E-state index in [1.54, 1.807) is 0 Å². The number of benzene rings is 14. The largest absolute Gasteiger partial charge is 0.458 e. The van der Waals surface area contributed by atoms with Crippen molar-refractivity contribution in [1.29, 1.82) is 0 Å². The van der Waals surface area contributed by atoms with E-state index < -0.39 is 24.2 Å². The summed E-state index contributed by atoms with van der Waals surface area (Å²) in [4.78, 5) is 10.0. The van der Waals surface area contributed by atoms with Gasteiger partial charge in [-0.1, -0.05) is 215 Å². The SMILES string of the molecule is Cc1cc(C)c(N2c3cc4c(cc3B3c5ccccc5Oc5cc(N6c7ccccc7[Si](C)(C)c7ccccc76)cc2c53)B2c3cc5c(cc3Oc3cc(N6c7ccccc7[Si](C)(C)c7ccccc76)cc(c32)O4)Nc2cc(N3c4ccccc4[Si](C)(C)c4ccccc43)cc3c2B5c2ccccc2O3)c(C)c1. The van der Waals surface area contributed by atoms with Gasteiger partial charge < -0.3 is 43.9 Å². The third-order valence-electron chi connectivity index (χ3n) is 25.4. The van der Waals surface area contributed by atoms with Crippen LogP contribution in [-0.4, -0.2) is 44.4 Å². The van der Waals surface area contributed by atoms with Crippen molar-refractivity contribution < 1.29 is 18.9 Å². The average molecular weight is 1440 g/mol. The Morgan fingerprint density at radius 3 is 1.07 bits per heavy atom. The van der Waals surface area contributed by atoms with Crippen LogP contribution in [0.25, 0.3) is 0 Å². The average Bonchev–Trinajstić information content (AvgIpc) is 0.691. The van der Waals surface area contributed by atoms with Gasteiger partial charge >= 0.3 is 0 Å². The summed E-state index contributed by atoms with van der Waals surface area (Å²) in [5.74, 6) is 6.52. The van der Waals surface area contributed by atoms with E-state index in [1.165, 1.54) is 87.4 Å². The van der Waals surface area contributed by atoms with Crippen LogP contribution in [-0.2, 0) is 0 Å². The van der Waals surface area contributed by atoms with Gasteiger partial charge in [0, 0.05) is 98.7 Å². The summed E-state index contributed by atoms with van der Waals surface area (Å²) < 4.78 is 30.3. The van der Waals surface area contributed by atoms with Crippen LogP contribution in [0.5, 0.6) is 46.0 Å². The van der Waals surface area contributed by atoms with Crippen LogP contribution in [0.3, 0.4) is 0 Å². The van der Waals surface area contributed by atoms with E-state index in [2.05, 4.69) is 352 Å². The lowest BCUT2D eigenvalue weighted by molar-refractivity contribution is 0.465. The Bertz CT molecular complexity index is 6270. The van der Waals surface area contributed by atoms with Crippen molar-refractivity contribution >= 4 is 204 Å². The highest BCUT2D eigenvalue weighted by Crippen LogP contribution is 2.52. The van der Waals surface area contributed by atoms with E-state index in [0.29, 0.717) is 0 Å². The Kier molecular flexibility index (Phi) is 12.6. The molecular formula is C93H72B3N5O4Si3. The Balaban J connectivity index is 0.766. The van der Waals surface area contributed by atoms with Crippen molar-refractivity contribution in [2.24, 2.45) is 0 Å². The molecule has 1 N–H and O–H groups in total. The van der Waals surface area contributed by atoms with E-state index >= 15 is 0 Å². The van der Waals surface area contributed by atoms with Crippen molar-refractivity contribution in [1.82, 2.24) is 0 Å². The summed E-state index contributed by atoms with van der Waals surface area (Å²) >= 11 is 0. The van der Waals surface area contributed by atoms with Crippen LogP contribution in [0.15, 0.2) is 267 Å². The fourth-order valence-electron chi connectivity index (χ4n) is 20.7. The zero-order valence-electron chi connectivity index (χ0n) is 61.6. The molecule has 108 heavy (non-hydrogen) atoms. The summed E-state index contributed by atoms with van der Waals surface area (Å²) in [5.41, 5.74) is 29.1. The molecule has 0 bridgehead atoms. The lowest BCUT2D eigenvalue weighted by Crippen LogP contribution is -2.64. The van der Waals surface area contributed by atoms with Crippen LogP contribution >= 0.6 is 0 Å². The molecule has 0 atom stereocenters. The number of anilines is 14. The lowest BCUT2D eigenvalue weighted by atomic mass is 9.30. The molecule has 14 aromatic rings. The predicted molar refractivity (Wildman–Crippen MR) is 459 cm³/mol. The minimum Gasteiger partial charge on any atom is -0.458 e. The van der Waals surface area contributed by atoms with Gasteiger partial charge in [0.2, 0.25) is 0 Å². The van der Waals surface area contributed by atoms with E-state index in [0.717, 1.165) is 135 Å². The Morgan fingerprint density at radius 2 is 0.611 bits per heavy atom. The molecule has 0 radical (unpaired) electrons. The van der Waals surface area contributed by atoms with Gasteiger partial charge in [0.05, 0.1) is 22.7 Å². The summed E-state index contributed by atoms with van der Waals surface area (Å²) in [6.45, 7) is 20.9. The van der Waals surface area contributed by atoms with E-state index in [9.17, 15) is 0 Å². The molecule has 514 valence electrons. The molecule has 14 aromatic carbocycles. The Labute approximate surface area is 633 Å². The molecule has 9 aliphatic heterocycles. The third kappa shape index (κ3) is 8.38. The molecule has 23 rings (SSSR count). The van der Waals surface area contributed by atoms with Crippen LogP contribution in [0, 0.1) is 20.8 Å². The van der Waals surface area contributed by atoms with Gasteiger partial charge in [0.25, 0.3) is 20.1 Å². The molecule has 0 spiro atoms. The molecular weight excluding hydrogens is 1370 g/mol. The van der Waals surface area contributed by atoms with Crippen LogP contribution < -0.4 is 124 Å². The number of para-hydroxylation sites is 8. The highest BCUT2D eigenvalue weighted by atomic mass is 28.3. The number of ether oxygens (including phenoxy) is 4. The quantitative estimate of drug-likeness (QED) is 0.174. The van der Waals surface area contributed by atoms with Crippen LogP contribution in [0.2, 0.25) is 39.3 Å². The van der Waals surface area contributed by atoms with Crippen LogP contribution in [0.4, 0.5) is 79.6 Å². The highest BCUT2D eigenvalue weighted by molar-refractivity contribution is 7.05. The third-order valence-corrected chi connectivity index (χ3v) is 36.0. The van der Waals surface area contributed by atoms with Gasteiger partial charge in [-0.25, -0.2) is 0 Å².